The van der Waals surface area contributed by atoms with E-state index in [1.807, 2.05) is 0 Å². The van der Waals surface area contributed by atoms with E-state index in [2.05, 4.69) is 20.7 Å². The largest absolute Gasteiger partial charge is 0.416 e. The number of rotatable bonds is 3. The highest BCUT2D eigenvalue weighted by atomic mass is 79.9. The van der Waals surface area contributed by atoms with Gasteiger partial charge in [0.2, 0.25) is 10.0 Å². The van der Waals surface area contributed by atoms with Gasteiger partial charge in [0.15, 0.2) is 0 Å². The first-order valence-corrected chi connectivity index (χ1v) is 7.87. The first-order chi connectivity index (χ1) is 8.70. The van der Waals surface area contributed by atoms with Crippen molar-refractivity contribution in [2.24, 2.45) is 0 Å². The zero-order chi connectivity index (χ0) is 14.3. The normalized spacial score (nSPS) is 17.3. The lowest BCUT2D eigenvalue weighted by atomic mass is 9.94. The second-order valence-corrected chi connectivity index (χ2v) is 6.93. The fourth-order valence-corrected chi connectivity index (χ4v) is 3.99. The van der Waals surface area contributed by atoms with E-state index in [1.165, 1.54) is 0 Å². The van der Waals surface area contributed by atoms with Crippen LogP contribution >= 0.6 is 15.9 Å². The molecule has 1 aliphatic carbocycles. The zero-order valence-electron chi connectivity index (χ0n) is 9.67. The Morgan fingerprint density at radius 1 is 1.26 bits per heavy atom. The van der Waals surface area contributed by atoms with Gasteiger partial charge in [0.25, 0.3) is 0 Å². The minimum Gasteiger partial charge on any atom is -0.208 e. The number of halogens is 4. The molecule has 1 aromatic carbocycles. The maximum Gasteiger partial charge on any atom is 0.416 e. The quantitative estimate of drug-likeness (QED) is 0.901. The molecule has 1 saturated carbocycles. The van der Waals surface area contributed by atoms with Crippen LogP contribution in [0, 0.1) is 0 Å². The average Bonchev–Trinajstić information content (AvgIpc) is 2.22. The lowest BCUT2D eigenvalue weighted by Crippen LogP contribution is -2.39. The Morgan fingerprint density at radius 2 is 1.89 bits per heavy atom. The standard InChI is InChI=1S/C11H11BrF3NO2S/c12-9-5-4-7(11(13,14)15)6-10(9)19(17,18)16-8-2-1-3-8/h4-6,8,16H,1-3H2. The summed E-state index contributed by atoms with van der Waals surface area (Å²) >= 11 is 2.98. The fraction of sp³-hybridized carbons (Fsp3) is 0.455. The van der Waals surface area contributed by atoms with Crippen LogP contribution in [0.4, 0.5) is 13.2 Å². The van der Waals surface area contributed by atoms with Gasteiger partial charge in [-0.15, -0.1) is 0 Å². The SMILES string of the molecule is O=S(=O)(NC1CCC1)c1cc(C(F)(F)F)ccc1Br. The van der Waals surface area contributed by atoms with Gasteiger partial charge in [0.05, 0.1) is 10.5 Å². The molecule has 19 heavy (non-hydrogen) atoms. The Labute approximate surface area is 117 Å². The summed E-state index contributed by atoms with van der Waals surface area (Å²) in [5.41, 5.74) is -0.982. The summed E-state index contributed by atoms with van der Waals surface area (Å²) < 4.78 is 64.4. The summed E-state index contributed by atoms with van der Waals surface area (Å²) in [5.74, 6) is 0. The summed E-state index contributed by atoms with van der Waals surface area (Å²) in [5, 5.41) is 0. The average molecular weight is 358 g/mol. The molecule has 1 aliphatic rings. The number of alkyl halides is 3. The van der Waals surface area contributed by atoms with Crippen molar-refractivity contribution in [3.63, 3.8) is 0 Å². The number of benzene rings is 1. The van der Waals surface area contributed by atoms with Gasteiger partial charge >= 0.3 is 6.18 Å². The lowest BCUT2D eigenvalue weighted by molar-refractivity contribution is -0.137. The van der Waals surface area contributed by atoms with Crippen molar-refractivity contribution in [3.05, 3.63) is 28.2 Å². The molecule has 0 aromatic heterocycles. The third kappa shape index (κ3) is 3.29. The van der Waals surface area contributed by atoms with E-state index in [4.69, 9.17) is 0 Å². The van der Waals surface area contributed by atoms with E-state index in [1.54, 1.807) is 0 Å². The monoisotopic (exact) mass is 357 g/mol. The second kappa shape index (κ2) is 5.06. The molecule has 0 spiro atoms. The maximum absolute atomic E-state index is 12.6. The maximum atomic E-state index is 12.6. The van der Waals surface area contributed by atoms with Crippen LogP contribution in [-0.2, 0) is 16.2 Å². The first-order valence-electron chi connectivity index (χ1n) is 5.59. The van der Waals surface area contributed by atoms with Gasteiger partial charge in [-0.25, -0.2) is 13.1 Å². The van der Waals surface area contributed by atoms with Gasteiger partial charge in [-0.2, -0.15) is 13.2 Å². The van der Waals surface area contributed by atoms with E-state index >= 15 is 0 Å². The number of nitrogens with one attached hydrogen (secondary N) is 1. The molecule has 0 saturated heterocycles. The Balaban J connectivity index is 2.37. The molecule has 106 valence electrons. The van der Waals surface area contributed by atoms with Gasteiger partial charge < -0.3 is 0 Å². The van der Waals surface area contributed by atoms with E-state index in [0.717, 1.165) is 31.4 Å². The highest BCUT2D eigenvalue weighted by molar-refractivity contribution is 9.10. The summed E-state index contributed by atoms with van der Waals surface area (Å²) in [7, 11) is -3.93. The molecule has 0 heterocycles. The smallest absolute Gasteiger partial charge is 0.208 e. The lowest BCUT2D eigenvalue weighted by Gasteiger charge is -2.26. The molecule has 8 heteroatoms. The van der Waals surface area contributed by atoms with Crippen LogP contribution in [-0.4, -0.2) is 14.5 Å². The van der Waals surface area contributed by atoms with E-state index in [-0.39, 0.29) is 15.4 Å². The van der Waals surface area contributed by atoms with Crippen LogP contribution in [0.5, 0.6) is 0 Å². The van der Waals surface area contributed by atoms with Crippen LogP contribution < -0.4 is 4.72 Å². The molecule has 0 aliphatic heterocycles. The molecule has 0 radical (unpaired) electrons. The minimum atomic E-state index is -4.57. The molecule has 1 fully saturated rings. The number of hydrogen-bond acceptors (Lipinski definition) is 2. The Morgan fingerprint density at radius 3 is 2.37 bits per heavy atom. The van der Waals surface area contributed by atoms with Crippen molar-refractivity contribution < 1.29 is 21.6 Å². The molecule has 1 aromatic rings. The zero-order valence-corrected chi connectivity index (χ0v) is 12.1. The minimum absolute atomic E-state index is 0.118. The molecule has 0 atom stereocenters. The van der Waals surface area contributed by atoms with Crippen molar-refractivity contribution >= 4 is 26.0 Å². The van der Waals surface area contributed by atoms with Crippen molar-refractivity contribution in [3.8, 4) is 0 Å². The van der Waals surface area contributed by atoms with Crippen LogP contribution in [0.25, 0.3) is 0 Å². The Bertz CT molecular complexity index is 582. The molecular formula is C11H11BrF3NO2S. The molecule has 0 bridgehead atoms. The van der Waals surface area contributed by atoms with Crippen molar-refractivity contribution in [1.82, 2.24) is 4.72 Å². The van der Waals surface area contributed by atoms with E-state index in [0.29, 0.717) is 6.07 Å². The summed E-state index contributed by atoms with van der Waals surface area (Å²) in [6.45, 7) is 0. The molecule has 3 nitrogen and oxygen atoms in total. The number of hydrogen-bond donors (Lipinski definition) is 1. The van der Waals surface area contributed by atoms with Crippen LogP contribution in [0.2, 0.25) is 0 Å². The van der Waals surface area contributed by atoms with Gasteiger partial charge in [-0.3, -0.25) is 0 Å². The van der Waals surface area contributed by atoms with E-state index < -0.39 is 21.8 Å². The highest BCUT2D eigenvalue weighted by Gasteiger charge is 2.33. The third-order valence-corrected chi connectivity index (χ3v) is 5.49. The molecular weight excluding hydrogens is 347 g/mol. The molecule has 0 unspecified atom stereocenters. The summed E-state index contributed by atoms with van der Waals surface area (Å²) in [4.78, 5) is -0.380. The van der Waals surface area contributed by atoms with Gasteiger partial charge in [0.1, 0.15) is 0 Å². The topological polar surface area (TPSA) is 46.2 Å². The number of sulfonamides is 1. The predicted octanol–water partition coefficient (Wildman–Crippen LogP) is 3.30. The van der Waals surface area contributed by atoms with Gasteiger partial charge in [-0.1, -0.05) is 6.42 Å². The third-order valence-electron chi connectivity index (χ3n) is 2.98. The van der Waals surface area contributed by atoms with Crippen LogP contribution in [0.1, 0.15) is 24.8 Å². The van der Waals surface area contributed by atoms with Crippen molar-refractivity contribution in [2.45, 2.75) is 36.4 Å². The molecule has 2 rings (SSSR count). The summed E-state index contributed by atoms with van der Waals surface area (Å²) in [6, 6.07) is 2.40. The molecule has 1 N–H and O–H groups in total. The first kappa shape index (κ1) is 14.8. The van der Waals surface area contributed by atoms with Crippen LogP contribution in [0.15, 0.2) is 27.6 Å². The van der Waals surface area contributed by atoms with Crippen molar-refractivity contribution in [1.29, 1.82) is 0 Å². The predicted molar refractivity (Wildman–Crippen MR) is 67.1 cm³/mol. The Hall–Kier alpha value is -0.600. The van der Waals surface area contributed by atoms with Crippen LogP contribution in [0.3, 0.4) is 0 Å². The second-order valence-electron chi connectivity index (χ2n) is 4.39. The van der Waals surface area contributed by atoms with Gasteiger partial charge in [-0.05, 0) is 47.0 Å². The highest BCUT2D eigenvalue weighted by Crippen LogP contribution is 2.34. The Kier molecular flexibility index (Phi) is 3.95. The summed E-state index contributed by atoms with van der Waals surface area (Å²) in [6.07, 6.45) is -2.20. The molecule has 0 amide bonds. The van der Waals surface area contributed by atoms with Gasteiger partial charge in [0, 0.05) is 10.5 Å². The van der Waals surface area contributed by atoms with Crippen molar-refractivity contribution in [2.75, 3.05) is 0 Å². The fourth-order valence-electron chi connectivity index (χ4n) is 1.69. The van der Waals surface area contributed by atoms with E-state index in [9.17, 15) is 21.6 Å².